The normalized spacial score (nSPS) is 15.0. The molecule has 5 rings (SSSR count). The van der Waals surface area contributed by atoms with Crippen LogP contribution in [0.25, 0.3) is 10.9 Å². The number of thiocarbonyl (C=S) groups is 1. The molecule has 0 saturated carbocycles. The lowest BCUT2D eigenvalue weighted by molar-refractivity contribution is 0.289. The number of hydrogen-bond acceptors (Lipinski definition) is 3. The highest BCUT2D eigenvalue weighted by molar-refractivity contribution is 7.80. The topological polar surface area (TPSA) is 54.3 Å². The van der Waals surface area contributed by atoms with Gasteiger partial charge in [0.15, 0.2) is 0 Å². The third kappa shape index (κ3) is 4.13. The summed E-state index contributed by atoms with van der Waals surface area (Å²) in [5, 5.41) is 2.13. The van der Waals surface area contributed by atoms with Gasteiger partial charge in [0, 0.05) is 39.8 Å². The van der Waals surface area contributed by atoms with Gasteiger partial charge in [0.2, 0.25) is 0 Å². The van der Waals surface area contributed by atoms with Crippen molar-refractivity contribution in [2.45, 2.75) is 12.5 Å². The summed E-state index contributed by atoms with van der Waals surface area (Å²) in [6.07, 6.45) is 0.774. The van der Waals surface area contributed by atoms with Gasteiger partial charge >= 0.3 is 0 Å². The molecule has 1 aliphatic heterocycles. The lowest BCUT2D eigenvalue weighted by Gasteiger charge is -2.37. The van der Waals surface area contributed by atoms with Gasteiger partial charge in [0.25, 0.3) is 5.17 Å². The van der Waals surface area contributed by atoms with Gasteiger partial charge in [-0.3, -0.25) is 0 Å². The fourth-order valence-electron chi connectivity index (χ4n) is 4.30. The number of aromatic amines is 1. The zero-order valence-corrected chi connectivity index (χ0v) is 19.0. The summed E-state index contributed by atoms with van der Waals surface area (Å²) in [6.45, 7) is 0.654. The number of nitrogens with one attached hydrogen (secondary N) is 1. The quantitative estimate of drug-likeness (QED) is 0.227. The van der Waals surface area contributed by atoms with E-state index in [0.29, 0.717) is 22.5 Å². The van der Waals surface area contributed by atoms with Crippen LogP contribution in [-0.2, 0) is 6.42 Å². The van der Waals surface area contributed by atoms with Gasteiger partial charge in [-0.15, -0.1) is 0 Å². The van der Waals surface area contributed by atoms with E-state index in [1.807, 2.05) is 47.4 Å². The molecule has 0 bridgehead atoms. The molecule has 1 unspecified atom stereocenters. The number of hydrogen-bond donors (Lipinski definition) is 2. The molecule has 7 heteroatoms. The van der Waals surface area contributed by atoms with E-state index in [9.17, 15) is 4.39 Å². The zero-order valence-electron chi connectivity index (χ0n) is 17.4. The molecule has 2 heterocycles. The summed E-state index contributed by atoms with van der Waals surface area (Å²) < 4.78 is 19.3. The Morgan fingerprint density at radius 2 is 1.88 bits per heavy atom. The Hall–Kier alpha value is -3.53. The van der Waals surface area contributed by atoms with Crippen molar-refractivity contribution in [3.8, 4) is 17.7 Å². The van der Waals surface area contributed by atoms with E-state index in [0.717, 1.165) is 34.1 Å². The van der Waals surface area contributed by atoms with Gasteiger partial charge in [-0.05, 0) is 90.3 Å². The van der Waals surface area contributed by atoms with E-state index < -0.39 is 0 Å². The SMILES string of the molecule is NC#Cc1ccc(C2c3[nH]c4ccc(Cl)cc4c3CCN2C(=S)Oc2ccc(F)cc2)cc1. The van der Waals surface area contributed by atoms with Crippen molar-refractivity contribution in [3.05, 3.63) is 100.0 Å². The van der Waals surface area contributed by atoms with E-state index in [1.54, 1.807) is 12.1 Å². The zero-order chi connectivity index (χ0) is 22.9. The second-order valence-electron chi connectivity index (χ2n) is 7.77. The largest absolute Gasteiger partial charge is 0.432 e. The van der Waals surface area contributed by atoms with Crippen LogP contribution < -0.4 is 10.5 Å². The van der Waals surface area contributed by atoms with Crippen molar-refractivity contribution in [1.82, 2.24) is 9.88 Å². The van der Waals surface area contributed by atoms with Crippen LogP contribution in [0.3, 0.4) is 0 Å². The van der Waals surface area contributed by atoms with Gasteiger partial charge in [0.1, 0.15) is 11.6 Å². The van der Waals surface area contributed by atoms with Gasteiger partial charge in [0.05, 0.1) is 6.04 Å². The second-order valence-corrected chi connectivity index (χ2v) is 8.55. The van der Waals surface area contributed by atoms with Crippen LogP contribution in [0.1, 0.15) is 28.4 Å². The molecule has 0 radical (unpaired) electrons. The van der Waals surface area contributed by atoms with Crippen molar-refractivity contribution in [3.63, 3.8) is 0 Å². The third-order valence-corrected chi connectivity index (χ3v) is 6.34. The summed E-state index contributed by atoms with van der Waals surface area (Å²) in [7, 11) is 0. The van der Waals surface area contributed by atoms with E-state index in [1.165, 1.54) is 17.7 Å². The Kier molecular flexibility index (Phi) is 5.67. The maximum atomic E-state index is 13.3. The molecule has 4 aromatic rings. The number of nitrogens with two attached hydrogens (primary N) is 1. The fraction of sp³-hybridized carbons (Fsp3) is 0.115. The van der Waals surface area contributed by atoms with Crippen molar-refractivity contribution in [2.75, 3.05) is 6.54 Å². The number of ether oxygens (including phenoxy) is 1. The number of halogens is 2. The minimum Gasteiger partial charge on any atom is -0.432 e. The highest BCUT2D eigenvalue weighted by Gasteiger charge is 2.34. The summed E-state index contributed by atoms with van der Waals surface area (Å²) in [5.41, 5.74) is 10.5. The van der Waals surface area contributed by atoms with Crippen molar-refractivity contribution in [2.24, 2.45) is 5.73 Å². The van der Waals surface area contributed by atoms with Crippen LogP contribution in [0.4, 0.5) is 4.39 Å². The van der Waals surface area contributed by atoms with E-state index >= 15 is 0 Å². The van der Waals surface area contributed by atoms with Crippen molar-refractivity contribution in [1.29, 1.82) is 0 Å². The Labute approximate surface area is 201 Å². The highest BCUT2D eigenvalue weighted by atomic mass is 35.5. The maximum Gasteiger partial charge on any atom is 0.265 e. The monoisotopic (exact) mass is 475 g/mol. The molecule has 0 fully saturated rings. The highest BCUT2D eigenvalue weighted by Crippen LogP contribution is 2.39. The first kappa shape index (κ1) is 21.3. The second kappa shape index (κ2) is 8.78. The number of fused-ring (bicyclic) bond motifs is 3. The molecule has 3 N–H and O–H groups in total. The molecule has 0 aliphatic carbocycles. The molecule has 1 aromatic heterocycles. The number of aromatic nitrogens is 1. The molecule has 3 aromatic carbocycles. The van der Waals surface area contributed by atoms with Crippen LogP contribution in [0, 0.1) is 17.8 Å². The third-order valence-electron chi connectivity index (χ3n) is 5.79. The molecule has 1 atom stereocenters. The Bertz CT molecular complexity index is 1400. The van der Waals surface area contributed by atoms with Crippen LogP contribution in [0.15, 0.2) is 66.7 Å². The average Bonchev–Trinajstić information content (AvgIpc) is 3.18. The van der Waals surface area contributed by atoms with E-state index in [2.05, 4.69) is 16.9 Å². The summed E-state index contributed by atoms with van der Waals surface area (Å²) in [6, 6.07) is 21.8. The van der Waals surface area contributed by atoms with E-state index in [-0.39, 0.29) is 11.9 Å². The van der Waals surface area contributed by atoms with Gasteiger partial charge in [-0.25, -0.2) is 4.39 Å². The summed E-state index contributed by atoms with van der Waals surface area (Å²) in [4.78, 5) is 5.62. The first-order valence-electron chi connectivity index (χ1n) is 10.4. The minimum absolute atomic E-state index is 0.201. The van der Waals surface area contributed by atoms with E-state index in [4.69, 9.17) is 34.3 Å². The Balaban J connectivity index is 1.57. The number of nitrogens with zero attached hydrogens (tertiary/aromatic N) is 1. The van der Waals surface area contributed by atoms with Gasteiger partial charge < -0.3 is 20.4 Å². The molecule has 0 spiro atoms. The lowest BCUT2D eigenvalue weighted by Crippen LogP contribution is -2.42. The number of benzene rings is 3. The van der Waals surface area contributed by atoms with Crippen molar-refractivity contribution < 1.29 is 9.13 Å². The molecular weight excluding hydrogens is 457 g/mol. The fourth-order valence-corrected chi connectivity index (χ4v) is 4.76. The minimum atomic E-state index is -0.328. The van der Waals surface area contributed by atoms with Gasteiger partial charge in [-0.2, -0.15) is 0 Å². The summed E-state index contributed by atoms with van der Waals surface area (Å²) >= 11 is 12.0. The first-order chi connectivity index (χ1) is 16.0. The van der Waals surface area contributed by atoms with Crippen LogP contribution in [0.5, 0.6) is 5.75 Å². The molecule has 1 aliphatic rings. The van der Waals surface area contributed by atoms with Crippen LogP contribution >= 0.6 is 23.8 Å². The standard InChI is InChI=1S/C26H19ClFN3OS/c27-18-5-10-23-22(15-18)21-12-14-31(26(33)32-20-8-6-19(28)7-9-20)25(24(21)30-23)17-3-1-16(2-4-17)11-13-29/h1-10,15,25,30H,12,14,29H2. The first-order valence-corrected chi connectivity index (χ1v) is 11.2. The van der Waals surface area contributed by atoms with Crippen LogP contribution in [-0.4, -0.2) is 21.6 Å². The lowest BCUT2D eigenvalue weighted by atomic mass is 9.92. The molecule has 0 amide bonds. The number of H-pyrrole nitrogens is 1. The van der Waals surface area contributed by atoms with Crippen molar-refractivity contribution >= 4 is 39.9 Å². The predicted molar refractivity (Wildman–Crippen MR) is 133 cm³/mol. The van der Waals surface area contributed by atoms with Gasteiger partial charge in [-0.1, -0.05) is 23.7 Å². The average molecular weight is 476 g/mol. The molecular formula is C26H19ClFN3OS. The molecule has 164 valence electrons. The van der Waals surface area contributed by atoms with Crippen LogP contribution in [0.2, 0.25) is 5.02 Å². The predicted octanol–water partition coefficient (Wildman–Crippen LogP) is 5.54. The Morgan fingerprint density at radius 3 is 2.61 bits per heavy atom. The molecule has 4 nitrogen and oxygen atoms in total. The Morgan fingerprint density at radius 1 is 1.12 bits per heavy atom. The molecule has 0 saturated heterocycles. The summed E-state index contributed by atoms with van der Waals surface area (Å²) in [5.74, 6) is 3.03. The smallest absolute Gasteiger partial charge is 0.265 e. The molecule has 33 heavy (non-hydrogen) atoms. The number of rotatable bonds is 2. The maximum absolute atomic E-state index is 13.3.